The van der Waals surface area contributed by atoms with E-state index in [-0.39, 0.29) is 0 Å². The van der Waals surface area contributed by atoms with Crippen molar-refractivity contribution in [3.05, 3.63) is 12.5 Å². The molecule has 0 bridgehead atoms. The fourth-order valence-corrected chi connectivity index (χ4v) is 1.75. The Morgan fingerprint density at radius 2 is 2.21 bits per heavy atom. The monoisotopic (exact) mass is 188 g/mol. The Bertz CT molecular complexity index is 443. The molecule has 0 saturated carbocycles. The van der Waals surface area contributed by atoms with E-state index in [0.29, 0.717) is 5.65 Å². The van der Waals surface area contributed by atoms with Crippen molar-refractivity contribution >= 4 is 17.1 Å². The van der Waals surface area contributed by atoms with Crippen LogP contribution in [-0.4, -0.2) is 33.0 Å². The van der Waals surface area contributed by atoms with Crippen LogP contribution in [0.15, 0.2) is 6.20 Å². The van der Waals surface area contributed by atoms with E-state index in [1.54, 1.807) is 6.20 Å². The molecule has 1 aliphatic heterocycles. The number of nitrogens with one attached hydrogen (secondary N) is 1. The van der Waals surface area contributed by atoms with Gasteiger partial charge in [0.2, 0.25) is 5.95 Å². The topological polar surface area (TPSA) is 57.7 Å². The standard InChI is InChI=1S/C9H10N5/c1-2-4-14(3-1)9-10-5-7-8(13-9)12-6-11-7/h5H,1-4H2,(H,10,11,12,13). The van der Waals surface area contributed by atoms with Crippen LogP contribution >= 0.6 is 0 Å². The molecular weight excluding hydrogens is 178 g/mol. The van der Waals surface area contributed by atoms with Crippen molar-refractivity contribution in [2.45, 2.75) is 12.8 Å². The molecule has 1 N–H and O–H groups in total. The SMILES string of the molecule is [c]1nc2nc(N3CCCC3)ncc2[nH]1. The largest absolute Gasteiger partial charge is 0.341 e. The van der Waals surface area contributed by atoms with E-state index in [2.05, 4.69) is 31.2 Å². The molecule has 0 aliphatic carbocycles. The van der Waals surface area contributed by atoms with Crippen molar-refractivity contribution in [2.24, 2.45) is 0 Å². The quantitative estimate of drug-likeness (QED) is 0.717. The molecule has 14 heavy (non-hydrogen) atoms. The molecule has 5 nitrogen and oxygen atoms in total. The predicted molar refractivity (Wildman–Crippen MR) is 52.0 cm³/mol. The van der Waals surface area contributed by atoms with Gasteiger partial charge >= 0.3 is 0 Å². The van der Waals surface area contributed by atoms with Gasteiger partial charge in [-0.05, 0) is 12.8 Å². The van der Waals surface area contributed by atoms with Gasteiger partial charge in [-0.2, -0.15) is 4.98 Å². The summed E-state index contributed by atoms with van der Waals surface area (Å²) in [6.07, 6.45) is 6.88. The Labute approximate surface area is 81.2 Å². The van der Waals surface area contributed by atoms with Gasteiger partial charge in [-0.3, -0.25) is 0 Å². The third-order valence-corrected chi connectivity index (χ3v) is 2.50. The zero-order valence-electron chi connectivity index (χ0n) is 7.69. The Morgan fingerprint density at radius 3 is 3.07 bits per heavy atom. The molecule has 1 saturated heterocycles. The summed E-state index contributed by atoms with van der Waals surface area (Å²) >= 11 is 0. The first-order chi connectivity index (χ1) is 6.93. The highest BCUT2D eigenvalue weighted by molar-refractivity contribution is 5.69. The molecule has 2 aromatic heterocycles. The van der Waals surface area contributed by atoms with Crippen LogP contribution in [0.5, 0.6) is 0 Å². The van der Waals surface area contributed by atoms with E-state index in [4.69, 9.17) is 0 Å². The van der Waals surface area contributed by atoms with Crippen LogP contribution < -0.4 is 4.90 Å². The fourth-order valence-electron chi connectivity index (χ4n) is 1.75. The normalized spacial score (nSPS) is 16.7. The number of hydrogen-bond donors (Lipinski definition) is 1. The highest BCUT2D eigenvalue weighted by Crippen LogP contribution is 2.16. The number of rotatable bonds is 1. The third-order valence-electron chi connectivity index (χ3n) is 2.50. The minimum atomic E-state index is 0.696. The third kappa shape index (κ3) is 1.13. The molecule has 1 fully saturated rings. The van der Waals surface area contributed by atoms with E-state index < -0.39 is 0 Å². The second-order valence-corrected chi connectivity index (χ2v) is 3.45. The van der Waals surface area contributed by atoms with Gasteiger partial charge in [0.1, 0.15) is 5.52 Å². The molecule has 3 rings (SSSR count). The summed E-state index contributed by atoms with van der Waals surface area (Å²) in [7, 11) is 0. The molecule has 0 unspecified atom stereocenters. The van der Waals surface area contributed by atoms with Crippen LogP contribution in [-0.2, 0) is 0 Å². The molecule has 5 heteroatoms. The lowest BCUT2D eigenvalue weighted by Crippen LogP contribution is -2.20. The Morgan fingerprint density at radius 1 is 1.36 bits per heavy atom. The number of imidazole rings is 1. The van der Waals surface area contributed by atoms with Crippen molar-refractivity contribution in [1.29, 1.82) is 0 Å². The van der Waals surface area contributed by atoms with Crippen molar-refractivity contribution < 1.29 is 0 Å². The van der Waals surface area contributed by atoms with Crippen molar-refractivity contribution in [3.8, 4) is 0 Å². The number of nitrogens with zero attached hydrogens (tertiary/aromatic N) is 4. The number of H-pyrrole nitrogens is 1. The summed E-state index contributed by atoms with van der Waals surface area (Å²) in [5, 5.41) is 0. The maximum absolute atomic E-state index is 4.36. The van der Waals surface area contributed by atoms with Gasteiger partial charge in [0.15, 0.2) is 12.0 Å². The lowest BCUT2D eigenvalue weighted by molar-refractivity contribution is 0.905. The molecule has 2 aromatic rings. The van der Waals surface area contributed by atoms with Crippen LogP contribution in [0.4, 0.5) is 5.95 Å². The minimum absolute atomic E-state index is 0.696. The van der Waals surface area contributed by atoms with Gasteiger partial charge in [0.25, 0.3) is 0 Å². The van der Waals surface area contributed by atoms with E-state index in [9.17, 15) is 0 Å². The van der Waals surface area contributed by atoms with Gasteiger partial charge < -0.3 is 9.88 Å². The summed E-state index contributed by atoms with van der Waals surface area (Å²) in [5.41, 5.74) is 1.54. The maximum Gasteiger partial charge on any atom is 0.227 e. The Balaban J connectivity index is 2.04. The van der Waals surface area contributed by atoms with Crippen LogP contribution in [0.3, 0.4) is 0 Å². The zero-order valence-corrected chi connectivity index (χ0v) is 7.69. The number of anilines is 1. The zero-order chi connectivity index (χ0) is 9.38. The van der Waals surface area contributed by atoms with Gasteiger partial charge in [0, 0.05) is 13.1 Å². The van der Waals surface area contributed by atoms with Crippen molar-refractivity contribution in [2.75, 3.05) is 18.0 Å². The van der Waals surface area contributed by atoms with E-state index in [1.165, 1.54) is 12.8 Å². The molecule has 0 spiro atoms. The molecule has 71 valence electrons. The molecule has 0 aromatic carbocycles. The highest BCUT2D eigenvalue weighted by Gasteiger charge is 2.15. The summed E-state index contributed by atoms with van der Waals surface area (Å²) in [6.45, 7) is 2.11. The smallest absolute Gasteiger partial charge is 0.227 e. The highest BCUT2D eigenvalue weighted by atomic mass is 15.3. The van der Waals surface area contributed by atoms with E-state index in [1.807, 2.05) is 0 Å². The van der Waals surface area contributed by atoms with Gasteiger partial charge in [-0.1, -0.05) is 0 Å². The first-order valence-electron chi connectivity index (χ1n) is 4.77. The van der Waals surface area contributed by atoms with Crippen LogP contribution in [0.2, 0.25) is 0 Å². The van der Waals surface area contributed by atoms with Crippen molar-refractivity contribution in [1.82, 2.24) is 19.9 Å². The summed E-state index contributed by atoms with van der Waals surface area (Å²) in [6, 6.07) is 0. The van der Waals surface area contributed by atoms with Crippen LogP contribution in [0.25, 0.3) is 11.2 Å². The maximum atomic E-state index is 4.36. The summed E-state index contributed by atoms with van der Waals surface area (Å²) < 4.78 is 0. The first-order valence-corrected chi connectivity index (χ1v) is 4.77. The molecule has 0 atom stereocenters. The number of hydrogen-bond acceptors (Lipinski definition) is 4. The first kappa shape index (κ1) is 7.73. The Kier molecular flexibility index (Phi) is 1.62. The number of fused-ring (bicyclic) bond motifs is 1. The second kappa shape index (κ2) is 2.94. The molecule has 1 radical (unpaired) electrons. The summed E-state index contributed by atoms with van der Waals surface area (Å²) in [5.74, 6) is 0.788. The van der Waals surface area contributed by atoms with E-state index in [0.717, 1.165) is 24.6 Å². The predicted octanol–water partition coefficient (Wildman–Crippen LogP) is 0.753. The average molecular weight is 188 g/mol. The number of aromatic amines is 1. The summed E-state index contributed by atoms with van der Waals surface area (Å²) in [4.78, 5) is 17.7. The minimum Gasteiger partial charge on any atom is -0.341 e. The van der Waals surface area contributed by atoms with Crippen LogP contribution in [0.1, 0.15) is 12.8 Å². The molecular formula is C9H10N5. The molecule has 1 aliphatic rings. The Hall–Kier alpha value is -1.65. The van der Waals surface area contributed by atoms with Gasteiger partial charge in [0.05, 0.1) is 6.20 Å². The molecule has 0 amide bonds. The number of aromatic nitrogens is 4. The van der Waals surface area contributed by atoms with Gasteiger partial charge in [-0.25, -0.2) is 9.97 Å². The van der Waals surface area contributed by atoms with E-state index >= 15 is 0 Å². The molecule has 3 heterocycles. The lowest BCUT2D eigenvalue weighted by Gasteiger charge is -2.13. The lowest BCUT2D eigenvalue weighted by atomic mass is 10.4. The van der Waals surface area contributed by atoms with Gasteiger partial charge in [-0.15, -0.1) is 0 Å². The van der Waals surface area contributed by atoms with Crippen LogP contribution in [0, 0.1) is 6.33 Å². The average Bonchev–Trinajstić information content (AvgIpc) is 2.88. The second-order valence-electron chi connectivity index (χ2n) is 3.45. The van der Waals surface area contributed by atoms with Crippen molar-refractivity contribution in [3.63, 3.8) is 0 Å². The fraction of sp³-hybridized carbons (Fsp3) is 0.444.